The normalized spacial score (nSPS) is 12.8. The molecule has 0 saturated heterocycles. The van der Waals surface area contributed by atoms with Gasteiger partial charge in [0.2, 0.25) is 0 Å². The van der Waals surface area contributed by atoms with Crippen LogP contribution in [-0.4, -0.2) is 15.0 Å². The second-order valence-corrected chi connectivity index (χ2v) is 17.7. The van der Waals surface area contributed by atoms with E-state index in [0.717, 1.165) is 70.2 Å². The first-order valence-electron chi connectivity index (χ1n) is 25.3. The Kier molecular flexibility index (Phi) is 8.21. The van der Waals surface area contributed by atoms with Gasteiger partial charge >= 0.3 is 0 Å². The van der Waals surface area contributed by atoms with Crippen LogP contribution in [0.25, 0.3) is 132 Å². The van der Waals surface area contributed by atoms with Crippen molar-refractivity contribution in [3.8, 4) is 89.8 Å². The van der Waals surface area contributed by atoms with Gasteiger partial charge in [0.1, 0.15) is 11.2 Å². The van der Waals surface area contributed by atoms with Gasteiger partial charge in [-0.15, -0.1) is 11.3 Å². The summed E-state index contributed by atoms with van der Waals surface area (Å²) in [5, 5.41) is 2.30. The molecule has 0 spiro atoms. The molecule has 0 N–H and O–H groups in total. The average molecular weight is 892 g/mol. The molecule has 318 valence electrons. The van der Waals surface area contributed by atoms with Crippen molar-refractivity contribution in [1.29, 1.82) is 0 Å². The maximum atomic E-state index is 9.98. The summed E-state index contributed by atoms with van der Waals surface area (Å²) >= 11 is 1.68. The lowest BCUT2D eigenvalue weighted by molar-refractivity contribution is 0.669. The molecule has 0 unspecified atom stereocenters. The van der Waals surface area contributed by atoms with Crippen molar-refractivity contribution in [2.24, 2.45) is 0 Å². The van der Waals surface area contributed by atoms with E-state index in [1.54, 1.807) is 11.3 Å². The molecule has 0 radical (unpaired) electrons. The van der Waals surface area contributed by atoms with Crippen molar-refractivity contribution in [1.82, 2.24) is 15.0 Å². The zero-order chi connectivity index (χ0) is 50.2. The first-order valence-corrected chi connectivity index (χ1v) is 23.2. The Bertz CT molecular complexity index is 4300. The number of hydrogen-bond donors (Lipinski definition) is 0. The molecule has 0 fully saturated rings. The molecule has 0 aliphatic carbocycles. The lowest BCUT2D eigenvalue weighted by Crippen LogP contribution is -2.00. The van der Waals surface area contributed by atoms with Gasteiger partial charge in [0.25, 0.3) is 0 Å². The Morgan fingerprint density at radius 1 is 0.338 bits per heavy atom. The predicted molar refractivity (Wildman–Crippen MR) is 283 cm³/mol. The van der Waals surface area contributed by atoms with Crippen molar-refractivity contribution < 1.29 is 12.6 Å². The molecular formula is C63H39N3OS. The molecule has 5 heteroatoms. The number of thiophene rings is 1. The van der Waals surface area contributed by atoms with Crippen molar-refractivity contribution in [3.63, 3.8) is 0 Å². The van der Waals surface area contributed by atoms with E-state index in [1.807, 2.05) is 146 Å². The second kappa shape index (κ2) is 16.6. The van der Waals surface area contributed by atoms with E-state index in [-0.39, 0.29) is 75.1 Å². The SMILES string of the molecule is [2H]c1c([2H])c(-c2cc(-c3ccccc3)cc(-c3ccccc3)c2)c2c(oc3c([2H])c(-c4nc(-c5ccc(-c6ccccc6)cc5)nc(-c5cc(-c6ccccc6)cc6sc7ccccc7c56)n4)c([2H])c([2H])c32)c1[2H]. The summed E-state index contributed by atoms with van der Waals surface area (Å²) < 4.78 is 66.1. The Morgan fingerprint density at radius 3 is 1.50 bits per heavy atom. The Balaban J connectivity index is 1.07. The molecule has 10 aromatic carbocycles. The van der Waals surface area contributed by atoms with Gasteiger partial charge in [-0.05, 0) is 110 Å². The van der Waals surface area contributed by atoms with Gasteiger partial charge in [-0.1, -0.05) is 182 Å². The van der Waals surface area contributed by atoms with Gasteiger partial charge in [0.05, 0.1) is 8.22 Å². The number of furan rings is 1. The minimum atomic E-state index is -0.364. The highest BCUT2D eigenvalue weighted by Gasteiger charge is 2.21. The molecular weight excluding hydrogens is 847 g/mol. The minimum absolute atomic E-state index is 0.00228. The van der Waals surface area contributed by atoms with Crippen LogP contribution < -0.4 is 0 Å². The summed E-state index contributed by atoms with van der Waals surface area (Å²) in [4.78, 5) is 15.4. The van der Waals surface area contributed by atoms with Crippen molar-refractivity contribution >= 4 is 53.4 Å². The Hall–Kier alpha value is -8.77. The predicted octanol–water partition coefficient (Wildman–Crippen LogP) is 17.5. The third kappa shape index (κ3) is 7.14. The van der Waals surface area contributed by atoms with Gasteiger partial charge in [-0.25, -0.2) is 15.0 Å². The smallest absolute Gasteiger partial charge is 0.164 e. The van der Waals surface area contributed by atoms with E-state index in [2.05, 4.69) is 54.6 Å². The molecule has 68 heavy (non-hydrogen) atoms. The van der Waals surface area contributed by atoms with Gasteiger partial charge in [0.15, 0.2) is 17.5 Å². The fraction of sp³-hybridized carbons (Fsp3) is 0. The number of fused-ring (bicyclic) bond motifs is 6. The number of aromatic nitrogens is 3. The fourth-order valence-corrected chi connectivity index (χ4v) is 10.3. The number of benzene rings is 10. The third-order valence-corrected chi connectivity index (χ3v) is 13.6. The fourth-order valence-electron chi connectivity index (χ4n) is 9.15. The van der Waals surface area contributed by atoms with E-state index in [4.69, 9.17) is 20.7 Å². The van der Waals surface area contributed by atoms with Gasteiger partial charge in [0, 0.05) is 47.6 Å². The lowest BCUT2D eigenvalue weighted by Gasteiger charge is -2.12. The van der Waals surface area contributed by atoms with E-state index in [1.165, 1.54) is 0 Å². The molecule has 0 aliphatic heterocycles. The number of hydrogen-bond acceptors (Lipinski definition) is 5. The molecule has 13 rings (SSSR count). The molecule has 0 atom stereocenters. The van der Waals surface area contributed by atoms with Crippen LogP contribution in [-0.2, 0) is 0 Å². The first-order chi connectivity index (χ1) is 36.2. The largest absolute Gasteiger partial charge is 0.456 e. The van der Waals surface area contributed by atoms with Crippen LogP contribution in [0.2, 0.25) is 0 Å². The summed E-state index contributed by atoms with van der Waals surface area (Å²) in [7, 11) is 0. The van der Waals surface area contributed by atoms with Crippen LogP contribution in [0.5, 0.6) is 0 Å². The summed E-state index contributed by atoms with van der Waals surface area (Å²) in [6.07, 6.45) is 0. The molecule has 0 amide bonds. The van der Waals surface area contributed by atoms with Crippen LogP contribution in [0.1, 0.15) is 8.22 Å². The quantitative estimate of drug-likeness (QED) is 0.152. The summed E-state index contributed by atoms with van der Waals surface area (Å²) in [5.74, 6) is 0.621. The van der Waals surface area contributed by atoms with Gasteiger partial charge < -0.3 is 4.42 Å². The molecule has 3 heterocycles. The zero-order valence-corrected chi connectivity index (χ0v) is 37.0. The van der Waals surface area contributed by atoms with Crippen molar-refractivity contribution in [2.75, 3.05) is 0 Å². The summed E-state index contributed by atoms with van der Waals surface area (Å²) in [6.45, 7) is 0. The maximum Gasteiger partial charge on any atom is 0.164 e. The molecule has 3 aromatic heterocycles. The average Bonchev–Trinajstić information content (AvgIpc) is 4.06. The molecule has 4 nitrogen and oxygen atoms in total. The van der Waals surface area contributed by atoms with Crippen LogP contribution >= 0.6 is 11.3 Å². The van der Waals surface area contributed by atoms with E-state index in [9.17, 15) is 6.85 Å². The summed E-state index contributed by atoms with van der Waals surface area (Å²) in [5.41, 5.74) is 9.68. The Morgan fingerprint density at radius 2 is 0.853 bits per heavy atom. The zero-order valence-electron chi connectivity index (χ0n) is 42.2. The number of nitrogens with zero attached hydrogens (tertiary/aromatic N) is 3. The van der Waals surface area contributed by atoms with E-state index >= 15 is 0 Å². The summed E-state index contributed by atoms with van der Waals surface area (Å²) in [6, 6.07) is 64.5. The highest BCUT2D eigenvalue weighted by atomic mass is 32.1. The minimum Gasteiger partial charge on any atom is -0.456 e. The van der Waals surface area contributed by atoms with Crippen LogP contribution in [0.15, 0.2) is 241 Å². The van der Waals surface area contributed by atoms with Crippen LogP contribution in [0.3, 0.4) is 0 Å². The number of rotatable bonds is 8. The molecule has 13 aromatic rings. The lowest BCUT2D eigenvalue weighted by atomic mass is 9.91. The van der Waals surface area contributed by atoms with Gasteiger partial charge in [-0.2, -0.15) is 0 Å². The highest BCUT2D eigenvalue weighted by molar-refractivity contribution is 7.26. The van der Waals surface area contributed by atoms with Crippen molar-refractivity contribution in [2.45, 2.75) is 0 Å². The molecule has 0 aliphatic rings. The van der Waals surface area contributed by atoms with E-state index < -0.39 is 0 Å². The highest BCUT2D eigenvalue weighted by Crippen LogP contribution is 2.44. The second-order valence-electron chi connectivity index (χ2n) is 16.7. The standard InChI is InChI=1S/C63H39N3OS/c1-5-16-40(17-6-1)44-28-30-45(31-29-44)61-64-62(66-63(65-61)54-37-49(43-22-11-4-12-23-43)39-58-60(54)53-24-13-14-27-57(53)68-58)46-32-33-52-56(38-46)67-55-26-15-25-51(59(52)55)50-35-47(41-18-7-2-8-19-41)34-48(36-50)42-20-9-3-10-21-42/h1-39H/i15D,25D,26D,32D,33D,38D. The Labute approximate surface area is 405 Å². The molecule has 0 saturated carbocycles. The maximum absolute atomic E-state index is 9.98. The van der Waals surface area contributed by atoms with Crippen LogP contribution in [0, 0.1) is 0 Å². The van der Waals surface area contributed by atoms with Gasteiger partial charge in [-0.3, -0.25) is 0 Å². The first kappa shape index (κ1) is 33.7. The van der Waals surface area contributed by atoms with E-state index in [0.29, 0.717) is 22.8 Å². The third-order valence-electron chi connectivity index (χ3n) is 12.4. The monoisotopic (exact) mass is 891 g/mol. The topological polar surface area (TPSA) is 51.8 Å². The van der Waals surface area contributed by atoms with Crippen molar-refractivity contribution in [3.05, 3.63) is 236 Å². The van der Waals surface area contributed by atoms with Crippen LogP contribution in [0.4, 0.5) is 0 Å². The molecule has 0 bridgehead atoms.